The van der Waals surface area contributed by atoms with Gasteiger partial charge in [0.05, 0.1) is 19.3 Å². The molecular weight excluding hydrogens is 648 g/mol. The maximum Gasteiger partial charge on any atom is 0.322 e. The van der Waals surface area contributed by atoms with E-state index in [1.165, 1.54) is 6.92 Å². The van der Waals surface area contributed by atoms with Gasteiger partial charge in [0.1, 0.15) is 36.8 Å². The van der Waals surface area contributed by atoms with Gasteiger partial charge in [0.25, 0.3) is 0 Å². The van der Waals surface area contributed by atoms with Gasteiger partial charge in [-0.2, -0.15) is 0 Å². The monoisotopic (exact) mass is 702 g/mol. The Morgan fingerprint density at radius 1 is 0.755 bits per heavy atom. The third kappa shape index (κ3) is 17.4. The van der Waals surface area contributed by atoms with E-state index in [0.717, 1.165) is 0 Å². The average Bonchev–Trinajstić information content (AvgIpc) is 3.03. The van der Waals surface area contributed by atoms with Gasteiger partial charge >= 0.3 is 5.97 Å². The molecule has 0 fully saturated rings. The van der Waals surface area contributed by atoms with E-state index in [2.05, 4.69) is 36.9 Å². The number of aliphatic carboxylic acids is 1. The summed E-state index contributed by atoms with van der Waals surface area (Å²) in [5, 5.41) is 43.4. The summed E-state index contributed by atoms with van der Waals surface area (Å²) in [6.07, 6.45) is -0.716. The zero-order valence-corrected chi connectivity index (χ0v) is 28.7. The highest BCUT2D eigenvalue weighted by Gasteiger charge is 2.35. The number of guanidine groups is 1. The highest BCUT2D eigenvalue weighted by Crippen LogP contribution is 2.11. The number of hydrogen-bond donors (Lipinski definition) is 12. The predicted molar refractivity (Wildman–Crippen MR) is 177 cm³/mol. The van der Waals surface area contributed by atoms with Crippen LogP contribution in [0.2, 0.25) is 0 Å². The Hall–Kier alpha value is -4.56. The fraction of sp³-hybridized carbons (Fsp3) is 0.724. The number of carbonyl (C=O) groups is 7. The van der Waals surface area contributed by atoms with Crippen LogP contribution in [0.1, 0.15) is 60.3 Å². The summed E-state index contributed by atoms with van der Waals surface area (Å²) in [6, 6.07) is -6.85. The van der Waals surface area contributed by atoms with Crippen molar-refractivity contribution in [2.45, 2.75) is 96.6 Å². The van der Waals surface area contributed by atoms with Gasteiger partial charge in [-0.1, -0.05) is 34.1 Å². The van der Waals surface area contributed by atoms with E-state index >= 15 is 0 Å². The molecule has 0 aliphatic rings. The molecule has 7 atom stereocenters. The maximum absolute atomic E-state index is 13.4. The molecule has 49 heavy (non-hydrogen) atoms. The van der Waals surface area contributed by atoms with Crippen LogP contribution in [-0.2, 0) is 33.6 Å². The van der Waals surface area contributed by atoms with E-state index in [1.807, 2.05) is 0 Å². The molecule has 0 saturated heterocycles. The second-order valence-electron chi connectivity index (χ2n) is 11.9. The number of nitrogens with one attached hydrogen (secondary N) is 6. The van der Waals surface area contributed by atoms with Crippen LogP contribution in [-0.4, -0.2) is 125 Å². The smallest absolute Gasteiger partial charge is 0.322 e. The number of nitrogens with zero attached hydrogens (tertiary/aromatic N) is 1. The van der Waals surface area contributed by atoms with Gasteiger partial charge in [-0.05, 0) is 38.0 Å². The van der Waals surface area contributed by atoms with Gasteiger partial charge < -0.3 is 64.4 Å². The Bertz CT molecular complexity index is 1160. The normalized spacial score (nSPS) is 15.2. The Balaban J connectivity index is 5.90. The fourth-order valence-corrected chi connectivity index (χ4v) is 4.34. The zero-order chi connectivity index (χ0) is 37.8. The first kappa shape index (κ1) is 44.4. The number of carboxylic acids is 1. The van der Waals surface area contributed by atoms with Gasteiger partial charge in [0, 0.05) is 6.54 Å². The quantitative estimate of drug-likeness (QED) is 0.0270. The molecular formula is C29H54N10O10. The topological polar surface area (TPSA) is 343 Å². The maximum atomic E-state index is 13.4. The highest BCUT2D eigenvalue weighted by molar-refractivity contribution is 5.97. The number of hydrogen-bond acceptors (Lipinski definition) is 11. The standard InChI is InChI=1S/C29H54N10O10/c1-6-15(4)22(27(48)34-12-21(43)44)38-28(49)23(16(5)41)39-25(46)18(10-14(2)3)36-26(47)19(13-40)37-24(45)17(35-20(42)11-30)8-7-9-33-29(31)32/h14-19,22-23,40-41H,6-13,30H2,1-5H3,(H,34,48)(H,35,42)(H,36,47)(H,37,45)(H,38,49)(H,39,46)(H,43,44)(H4,31,32,33)/t15-,16+,17-,18-,19-,22-,23-/m0/s1. The third-order valence-corrected chi connectivity index (χ3v) is 7.21. The zero-order valence-electron chi connectivity index (χ0n) is 28.7. The van der Waals surface area contributed by atoms with Crippen molar-refractivity contribution in [3.05, 3.63) is 0 Å². The first-order valence-corrected chi connectivity index (χ1v) is 15.9. The summed E-state index contributed by atoms with van der Waals surface area (Å²) in [6.45, 7) is 6.24. The molecule has 0 aromatic heterocycles. The molecule has 0 spiro atoms. The van der Waals surface area contributed by atoms with Crippen LogP contribution >= 0.6 is 0 Å². The van der Waals surface area contributed by atoms with Crippen LogP contribution in [0.15, 0.2) is 4.99 Å². The van der Waals surface area contributed by atoms with Crippen LogP contribution < -0.4 is 49.1 Å². The molecule has 280 valence electrons. The van der Waals surface area contributed by atoms with Crippen molar-refractivity contribution in [2.24, 2.45) is 34.0 Å². The number of nitrogens with two attached hydrogens (primary N) is 3. The second kappa shape index (κ2) is 22.9. The summed E-state index contributed by atoms with van der Waals surface area (Å²) in [5.74, 6) is -7.18. The largest absolute Gasteiger partial charge is 0.480 e. The number of carboxylic acid groups (broad SMARTS) is 1. The van der Waals surface area contributed by atoms with Crippen molar-refractivity contribution in [3.63, 3.8) is 0 Å². The van der Waals surface area contributed by atoms with Gasteiger partial charge in [0.15, 0.2) is 5.96 Å². The Morgan fingerprint density at radius 2 is 1.31 bits per heavy atom. The molecule has 20 nitrogen and oxygen atoms in total. The molecule has 0 aromatic carbocycles. The van der Waals surface area contributed by atoms with Gasteiger partial charge in [-0.3, -0.25) is 38.6 Å². The Kier molecular flexibility index (Phi) is 20.8. The molecule has 15 N–H and O–H groups in total. The lowest BCUT2D eigenvalue weighted by molar-refractivity contribution is -0.139. The van der Waals surface area contributed by atoms with Crippen molar-refractivity contribution in [3.8, 4) is 0 Å². The van der Waals surface area contributed by atoms with Crippen LogP contribution in [0.3, 0.4) is 0 Å². The lowest BCUT2D eigenvalue weighted by atomic mass is 9.97. The minimum absolute atomic E-state index is 0.0326. The first-order chi connectivity index (χ1) is 22.9. The van der Waals surface area contributed by atoms with E-state index in [4.69, 9.17) is 22.3 Å². The molecule has 0 saturated carbocycles. The lowest BCUT2D eigenvalue weighted by Crippen LogP contribution is -2.62. The van der Waals surface area contributed by atoms with Crippen LogP contribution in [0.5, 0.6) is 0 Å². The molecule has 0 radical (unpaired) electrons. The summed E-state index contributed by atoms with van der Waals surface area (Å²) >= 11 is 0. The fourth-order valence-electron chi connectivity index (χ4n) is 4.34. The number of rotatable bonds is 23. The molecule has 0 aliphatic heterocycles. The SMILES string of the molecule is CC[C@H](C)[C@H](NC(=O)[C@@H](NC(=O)[C@H](CC(C)C)NC(=O)[C@H](CO)NC(=O)[C@H](CCCN=C(N)N)NC(=O)CN)[C@@H](C)O)C(=O)NCC(=O)O. The summed E-state index contributed by atoms with van der Waals surface area (Å²) < 4.78 is 0. The van der Waals surface area contributed by atoms with Crippen molar-refractivity contribution >= 4 is 47.4 Å². The lowest BCUT2D eigenvalue weighted by Gasteiger charge is -2.29. The van der Waals surface area contributed by atoms with Gasteiger partial charge in [-0.15, -0.1) is 0 Å². The van der Waals surface area contributed by atoms with E-state index in [0.29, 0.717) is 6.42 Å². The van der Waals surface area contributed by atoms with Gasteiger partial charge in [0.2, 0.25) is 35.4 Å². The molecule has 0 bridgehead atoms. The van der Waals surface area contributed by atoms with E-state index in [-0.39, 0.29) is 37.7 Å². The average molecular weight is 703 g/mol. The Morgan fingerprint density at radius 3 is 1.80 bits per heavy atom. The van der Waals surface area contributed by atoms with Crippen LogP contribution in [0.25, 0.3) is 0 Å². The van der Waals surface area contributed by atoms with E-state index in [9.17, 15) is 43.8 Å². The number of aliphatic hydroxyl groups excluding tert-OH is 2. The second-order valence-corrected chi connectivity index (χ2v) is 11.9. The molecule has 0 aromatic rings. The molecule has 0 rings (SSSR count). The number of aliphatic hydroxyl groups is 2. The van der Waals surface area contributed by atoms with Crippen molar-refractivity contribution in [1.29, 1.82) is 0 Å². The third-order valence-electron chi connectivity index (χ3n) is 7.21. The van der Waals surface area contributed by atoms with E-state index < -0.39 is 103 Å². The predicted octanol–water partition coefficient (Wildman–Crippen LogP) is -4.91. The highest BCUT2D eigenvalue weighted by atomic mass is 16.4. The summed E-state index contributed by atoms with van der Waals surface area (Å²) in [7, 11) is 0. The molecule has 20 heteroatoms. The number of carbonyl (C=O) groups excluding carboxylic acids is 6. The van der Waals surface area contributed by atoms with Crippen LogP contribution in [0.4, 0.5) is 0 Å². The number of amides is 6. The van der Waals surface area contributed by atoms with Gasteiger partial charge in [-0.25, -0.2) is 0 Å². The molecule has 0 unspecified atom stereocenters. The summed E-state index contributed by atoms with van der Waals surface area (Å²) in [5.41, 5.74) is 15.9. The minimum atomic E-state index is -1.60. The van der Waals surface area contributed by atoms with Crippen molar-refractivity contribution in [1.82, 2.24) is 31.9 Å². The molecule has 0 heterocycles. The molecule has 6 amide bonds. The van der Waals surface area contributed by atoms with Crippen LogP contribution in [0, 0.1) is 11.8 Å². The minimum Gasteiger partial charge on any atom is -0.480 e. The number of aliphatic imine (C=N–C) groups is 1. The van der Waals surface area contributed by atoms with E-state index in [1.54, 1.807) is 27.7 Å². The molecule has 0 aliphatic carbocycles. The first-order valence-electron chi connectivity index (χ1n) is 15.9. The van der Waals surface area contributed by atoms with Crippen molar-refractivity contribution in [2.75, 3.05) is 26.2 Å². The Labute approximate surface area is 285 Å². The van der Waals surface area contributed by atoms with Crippen molar-refractivity contribution < 1.29 is 48.9 Å². The summed E-state index contributed by atoms with van der Waals surface area (Å²) in [4.78, 5) is 92.1.